The summed E-state index contributed by atoms with van der Waals surface area (Å²) in [6, 6.07) is 4.64. The minimum Gasteiger partial charge on any atom is -0.322 e. The standard InChI is InChI=1S/C13H15ClF3N3/c1-7(2)20-10-8(14)5-4-6-9(10)19-11(20)12(3,18)13(15,16)17/h4-7H,18H2,1-3H3. The summed E-state index contributed by atoms with van der Waals surface area (Å²) in [7, 11) is 0. The predicted octanol–water partition coefficient (Wildman–Crippen LogP) is 4.01. The number of hydrogen-bond donors (Lipinski definition) is 1. The minimum absolute atomic E-state index is 0.233. The molecule has 2 N–H and O–H groups in total. The van der Waals surface area contributed by atoms with E-state index in [-0.39, 0.29) is 11.9 Å². The van der Waals surface area contributed by atoms with Gasteiger partial charge in [0.1, 0.15) is 5.82 Å². The third-order valence-electron chi connectivity index (χ3n) is 3.23. The molecule has 0 fully saturated rings. The summed E-state index contributed by atoms with van der Waals surface area (Å²) in [5.41, 5.74) is 3.85. The zero-order chi connectivity index (χ0) is 15.3. The molecule has 0 radical (unpaired) electrons. The fourth-order valence-electron chi connectivity index (χ4n) is 2.10. The van der Waals surface area contributed by atoms with E-state index in [9.17, 15) is 13.2 Å². The Labute approximate surface area is 119 Å². The van der Waals surface area contributed by atoms with Gasteiger partial charge < -0.3 is 10.3 Å². The maximum absolute atomic E-state index is 13.2. The van der Waals surface area contributed by atoms with E-state index in [0.29, 0.717) is 16.1 Å². The van der Waals surface area contributed by atoms with E-state index < -0.39 is 11.7 Å². The SMILES string of the molecule is CC(C)n1c(C(C)(N)C(F)(F)F)nc2cccc(Cl)c21. The lowest BCUT2D eigenvalue weighted by molar-refractivity contribution is -0.187. The summed E-state index contributed by atoms with van der Waals surface area (Å²) in [5.74, 6) is -0.233. The highest BCUT2D eigenvalue weighted by Gasteiger charge is 2.52. The van der Waals surface area contributed by atoms with Crippen molar-refractivity contribution in [2.75, 3.05) is 0 Å². The Morgan fingerprint density at radius 1 is 1.30 bits per heavy atom. The smallest absolute Gasteiger partial charge is 0.322 e. The van der Waals surface area contributed by atoms with Crippen LogP contribution < -0.4 is 5.73 Å². The van der Waals surface area contributed by atoms with E-state index in [0.717, 1.165) is 6.92 Å². The second-order valence-corrected chi connectivity index (χ2v) is 5.61. The molecule has 0 spiro atoms. The van der Waals surface area contributed by atoms with Gasteiger partial charge in [0.2, 0.25) is 0 Å². The van der Waals surface area contributed by atoms with Crippen LogP contribution in [-0.2, 0) is 5.54 Å². The molecule has 2 aromatic rings. The largest absolute Gasteiger partial charge is 0.413 e. The average molecular weight is 306 g/mol. The van der Waals surface area contributed by atoms with Gasteiger partial charge in [0.15, 0.2) is 5.54 Å². The fourth-order valence-corrected chi connectivity index (χ4v) is 2.36. The van der Waals surface area contributed by atoms with Gasteiger partial charge in [-0.2, -0.15) is 13.2 Å². The lowest BCUT2D eigenvalue weighted by atomic mass is 10.0. The second-order valence-electron chi connectivity index (χ2n) is 5.21. The Hall–Kier alpha value is -1.27. The molecule has 2 rings (SSSR count). The molecule has 1 aromatic carbocycles. The molecule has 1 aromatic heterocycles. The van der Waals surface area contributed by atoms with Crippen molar-refractivity contribution in [3.8, 4) is 0 Å². The number of para-hydroxylation sites is 1. The number of imidazole rings is 1. The van der Waals surface area contributed by atoms with Crippen LogP contribution in [0.5, 0.6) is 0 Å². The maximum Gasteiger partial charge on any atom is 0.413 e. The molecule has 0 aliphatic rings. The van der Waals surface area contributed by atoms with E-state index >= 15 is 0 Å². The zero-order valence-electron chi connectivity index (χ0n) is 11.3. The third kappa shape index (κ3) is 2.16. The molecule has 0 bridgehead atoms. The van der Waals surface area contributed by atoms with Gasteiger partial charge in [-0.15, -0.1) is 0 Å². The first-order valence-electron chi connectivity index (χ1n) is 6.10. The first-order valence-corrected chi connectivity index (χ1v) is 6.47. The summed E-state index contributed by atoms with van der Waals surface area (Å²) in [5, 5.41) is 0.355. The van der Waals surface area contributed by atoms with Crippen LogP contribution in [0, 0.1) is 0 Å². The van der Waals surface area contributed by atoms with E-state index in [1.54, 1.807) is 32.0 Å². The van der Waals surface area contributed by atoms with Crippen molar-refractivity contribution in [1.29, 1.82) is 0 Å². The number of benzene rings is 1. The monoisotopic (exact) mass is 305 g/mol. The van der Waals surface area contributed by atoms with Crippen LogP contribution in [-0.4, -0.2) is 15.7 Å². The van der Waals surface area contributed by atoms with Crippen molar-refractivity contribution < 1.29 is 13.2 Å². The molecule has 0 aliphatic carbocycles. The Balaban J connectivity index is 2.84. The van der Waals surface area contributed by atoms with E-state index in [4.69, 9.17) is 17.3 Å². The fraction of sp³-hybridized carbons (Fsp3) is 0.462. The van der Waals surface area contributed by atoms with E-state index in [1.165, 1.54) is 4.57 Å². The Morgan fingerprint density at radius 3 is 2.40 bits per heavy atom. The summed E-state index contributed by atoms with van der Waals surface area (Å²) in [6.45, 7) is 4.45. The number of hydrogen-bond acceptors (Lipinski definition) is 2. The number of nitrogens with two attached hydrogens (primary N) is 1. The van der Waals surface area contributed by atoms with Crippen LogP contribution in [0.25, 0.3) is 11.0 Å². The third-order valence-corrected chi connectivity index (χ3v) is 3.54. The van der Waals surface area contributed by atoms with Gasteiger partial charge in [0, 0.05) is 6.04 Å². The van der Waals surface area contributed by atoms with Gasteiger partial charge in [-0.3, -0.25) is 0 Å². The molecule has 0 amide bonds. The molecular formula is C13H15ClF3N3. The van der Waals surface area contributed by atoms with Gasteiger partial charge in [0.25, 0.3) is 0 Å². The van der Waals surface area contributed by atoms with Gasteiger partial charge in [0.05, 0.1) is 16.1 Å². The predicted molar refractivity (Wildman–Crippen MR) is 72.7 cm³/mol. The molecule has 0 saturated heterocycles. The Kier molecular flexibility index (Phi) is 3.50. The van der Waals surface area contributed by atoms with E-state index in [2.05, 4.69) is 4.98 Å². The Morgan fingerprint density at radius 2 is 1.90 bits per heavy atom. The Bertz CT molecular complexity index is 644. The molecule has 20 heavy (non-hydrogen) atoms. The van der Waals surface area contributed by atoms with Gasteiger partial charge in [-0.1, -0.05) is 17.7 Å². The first kappa shape index (κ1) is 15.1. The molecule has 7 heteroatoms. The van der Waals surface area contributed by atoms with Crippen LogP contribution >= 0.6 is 11.6 Å². The number of rotatable bonds is 2. The quantitative estimate of drug-likeness (QED) is 0.911. The lowest BCUT2D eigenvalue weighted by Gasteiger charge is -2.29. The number of aromatic nitrogens is 2. The maximum atomic E-state index is 13.2. The molecule has 1 heterocycles. The van der Waals surface area contributed by atoms with Crippen LogP contribution in [0.4, 0.5) is 13.2 Å². The summed E-state index contributed by atoms with van der Waals surface area (Å²) >= 11 is 6.10. The average Bonchev–Trinajstić information content (AvgIpc) is 2.68. The summed E-state index contributed by atoms with van der Waals surface area (Å²) in [4.78, 5) is 4.07. The van der Waals surface area contributed by atoms with E-state index in [1.807, 2.05) is 0 Å². The first-order chi connectivity index (χ1) is 9.07. The van der Waals surface area contributed by atoms with Gasteiger partial charge in [-0.05, 0) is 32.9 Å². The number of alkyl halides is 3. The van der Waals surface area contributed by atoms with Crippen molar-refractivity contribution in [3.63, 3.8) is 0 Å². The number of halogens is 4. The normalized spacial score (nSPS) is 15.8. The molecular weight excluding hydrogens is 291 g/mol. The molecule has 0 saturated carbocycles. The molecule has 1 unspecified atom stereocenters. The summed E-state index contributed by atoms with van der Waals surface area (Å²) in [6.07, 6.45) is -4.60. The van der Waals surface area contributed by atoms with Crippen LogP contribution in [0.2, 0.25) is 5.02 Å². The van der Waals surface area contributed by atoms with Crippen molar-refractivity contribution in [1.82, 2.24) is 9.55 Å². The van der Waals surface area contributed by atoms with Crippen LogP contribution in [0.15, 0.2) is 18.2 Å². The van der Waals surface area contributed by atoms with Crippen molar-refractivity contribution >= 4 is 22.6 Å². The van der Waals surface area contributed by atoms with Crippen molar-refractivity contribution in [2.45, 2.75) is 38.5 Å². The minimum atomic E-state index is -4.60. The number of fused-ring (bicyclic) bond motifs is 1. The van der Waals surface area contributed by atoms with Crippen molar-refractivity contribution in [2.24, 2.45) is 5.73 Å². The van der Waals surface area contributed by atoms with Gasteiger partial charge >= 0.3 is 6.18 Å². The summed E-state index contributed by atoms with van der Waals surface area (Å²) < 4.78 is 41.0. The zero-order valence-corrected chi connectivity index (χ0v) is 12.0. The van der Waals surface area contributed by atoms with Crippen molar-refractivity contribution in [3.05, 3.63) is 29.0 Å². The highest BCUT2D eigenvalue weighted by Crippen LogP contribution is 2.39. The highest BCUT2D eigenvalue weighted by molar-refractivity contribution is 6.35. The van der Waals surface area contributed by atoms with Crippen LogP contribution in [0.1, 0.15) is 32.6 Å². The second kappa shape index (κ2) is 4.63. The lowest BCUT2D eigenvalue weighted by Crippen LogP contribution is -2.49. The topological polar surface area (TPSA) is 43.8 Å². The van der Waals surface area contributed by atoms with Crippen LogP contribution in [0.3, 0.4) is 0 Å². The molecule has 110 valence electrons. The number of nitrogens with zero attached hydrogens (tertiary/aromatic N) is 2. The molecule has 3 nitrogen and oxygen atoms in total. The molecule has 0 aliphatic heterocycles. The highest BCUT2D eigenvalue weighted by atomic mass is 35.5. The van der Waals surface area contributed by atoms with Gasteiger partial charge in [-0.25, -0.2) is 4.98 Å². The molecule has 1 atom stereocenters.